The quantitative estimate of drug-likeness (QED) is 0.888. The van der Waals surface area contributed by atoms with E-state index in [0.29, 0.717) is 17.6 Å². The second-order valence-corrected chi connectivity index (χ2v) is 4.82. The molecule has 1 saturated carbocycles. The molecular weight excluding hydrogens is 238 g/mol. The average Bonchev–Trinajstić information content (AvgIpc) is 2.90. The second-order valence-electron chi connectivity index (χ2n) is 4.38. The van der Waals surface area contributed by atoms with Gasteiger partial charge in [-0.25, -0.2) is 0 Å². The van der Waals surface area contributed by atoms with E-state index in [1.165, 1.54) is 12.8 Å². The van der Waals surface area contributed by atoms with Gasteiger partial charge in [0.05, 0.1) is 24.3 Å². The fourth-order valence-electron chi connectivity index (χ4n) is 1.72. The molecule has 3 rings (SSSR count). The number of hydrogen-bond donors (Lipinski definition) is 1. The highest BCUT2D eigenvalue weighted by Gasteiger charge is 2.20. The van der Waals surface area contributed by atoms with Crippen LogP contribution in [0.5, 0.6) is 0 Å². The fraction of sp³-hybridized carbons (Fsp3) is 0.417. The lowest BCUT2D eigenvalue weighted by Crippen LogP contribution is -2.14. The minimum absolute atomic E-state index is 0.621. The van der Waals surface area contributed by atoms with Crippen molar-refractivity contribution in [2.45, 2.75) is 32.0 Å². The zero-order chi connectivity index (χ0) is 11.7. The number of aromatic nitrogens is 2. The Morgan fingerprint density at radius 2 is 2.24 bits per heavy atom. The first-order valence-corrected chi connectivity index (χ1v) is 6.16. The summed E-state index contributed by atoms with van der Waals surface area (Å²) in [6, 6.07) is 4.70. The molecule has 1 fully saturated rings. The van der Waals surface area contributed by atoms with Crippen molar-refractivity contribution in [1.82, 2.24) is 15.1 Å². The van der Waals surface area contributed by atoms with Crippen molar-refractivity contribution in [3.05, 3.63) is 41.1 Å². The van der Waals surface area contributed by atoms with Crippen LogP contribution < -0.4 is 5.32 Å². The van der Waals surface area contributed by atoms with Crippen molar-refractivity contribution >= 4 is 11.6 Å². The van der Waals surface area contributed by atoms with Gasteiger partial charge in [-0.05, 0) is 25.0 Å². The molecule has 0 atom stereocenters. The Hall–Kier alpha value is -1.26. The third kappa shape index (κ3) is 2.90. The molecule has 0 radical (unpaired) electrons. The van der Waals surface area contributed by atoms with E-state index in [0.717, 1.165) is 18.1 Å². The Morgan fingerprint density at radius 3 is 2.94 bits per heavy atom. The molecule has 1 N–H and O–H groups in total. The Labute approximate surface area is 105 Å². The maximum absolute atomic E-state index is 5.80. The molecule has 2 aromatic rings. The Balaban J connectivity index is 1.59. The van der Waals surface area contributed by atoms with Crippen LogP contribution in [0, 0.1) is 0 Å². The summed E-state index contributed by atoms with van der Waals surface area (Å²) < 4.78 is 7.47. The summed E-state index contributed by atoms with van der Waals surface area (Å²) in [6.45, 7) is 1.43. The van der Waals surface area contributed by atoms with Crippen LogP contribution in [0.1, 0.15) is 24.4 Å². The zero-order valence-corrected chi connectivity index (χ0v) is 10.2. The van der Waals surface area contributed by atoms with Gasteiger partial charge in [0.1, 0.15) is 11.5 Å². The lowest BCUT2D eigenvalue weighted by atomic mass is 10.4. The molecule has 0 bridgehead atoms. The maximum Gasteiger partial charge on any atom is 0.125 e. The SMILES string of the molecule is Clc1cnn(Cc2ccc(CNC3CC3)o2)c1. The molecule has 1 aliphatic rings. The Morgan fingerprint density at radius 1 is 1.41 bits per heavy atom. The lowest BCUT2D eigenvalue weighted by Gasteiger charge is -1.99. The molecule has 0 unspecified atom stereocenters. The minimum atomic E-state index is 0.621. The molecule has 2 heterocycles. The van der Waals surface area contributed by atoms with Crippen LogP contribution in [-0.2, 0) is 13.1 Å². The van der Waals surface area contributed by atoms with Crippen LogP contribution in [0.4, 0.5) is 0 Å². The van der Waals surface area contributed by atoms with Crippen molar-refractivity contribution in [2.24, 2.45) is 0 Å². The van der Waals surface area contributed by atoms with Crippen molar-refractivity contribution in [2.75, 3.05) is 0 Å². The van der Waals surface area contributed by atoms with Gasteiger partial charge in [0, 0.05) is 12.2 Å². The summed E-state index contributed by atoms with van der Waals surface area (Å²) in [5.41, 5.74) is 0. The van der Waals surface area contributed by atoms with Crippen molar-refractivity contribution < 1.29 is 4.42 Å². The summed E-state index contributed by atoms with van der Waals surface area (Å²) in [7, 11) is 0. The highest BCUT2D eigenvalue weighted by molar-refractivity contribution is 6.30. The van der Waals surface area contributed by atoms with Crippen molar-refractivity contribution in [3.8, 4) is 0 Å². The molecule has 17 heavy (non-hydrogen) atoms. The van der Waals surface area contributed by atoms with Crippen LogP contribution in [0.3, 0.4) is 0 Å². The van der Waals surface area contributed by atoms with Crippen LogP contribution in [-0.4, -0.2) is 15.8 Å². The first-order valence-electron chi connectivity index (χ1n) is 5.78. The Bertz CT molecular complexity index is 501. The van der Waals surface area contributed by atoms with Gasteiger partial charge in [-0.3, -0.25) is 4.68 Å². The monoisotopic (exact) mass is 251 g/mol. The molecule has 4 nitrogen and oxygen atoms in total. The van der Waals surface area contributed by atoms with Crippen LogP contribution in [0.15, 0.2) is 28.9 Å². The molecule has 90 valence electrons. The van der Waals surface area contributed by atoms with Crippen LogP contribution >= 0.6 is 11.6 Å². The standard InChI is InChI=1S/C12H14ClN3O/c13-9-5-15-16(7-9)8-12-4-3-11(17-12)6-14-10-1-2-10/h3-5,7,10,14H,1-2,6,8H2. The van der Waals surface area contributed by atoms with Gasteiger partial charge < -0.3 is 9.73 Å². The van der Waals surface area contributed by atoms with Gasteiger partial charge in [0.2, 0.25) is 0 Å². The third-order valence-corrected chi connectivity index (χ3v) is 2.97. The molecule has 0 spiro atoms. The smallest absolute Gasteiger partial charge is 0.125 e. The van der Waals surface area contributed by atoms with E-state index in [1.54, 1.807) is 17.1 Å². The summed E-state index contributed by atoms with van der Waals surface area (Å²) in [5.74, 6) is 1.88. The van der Waals surface area contributed by atoms with E-state index in [2.05, 4.69) is 10.4 Å². The number of nitrogens with one attached hydrogen (secondary N) is 1. The van der Waals surface area contributed by atoms with E-state index in [-0.39, 0.29) is 0 Å². The summed E-state index contributed by atoms with van der Waals surface area (Å²) >= 11 is 5.80. The molecule has 0 saturated heterocycles. The van der Waals surface area contributed by atoms with Gasteiger partial charge in [-0.2, -0.15) is 5.10 Å². The highest BCUT2D eigenvalue weighted by Crippen LogP contribution is 2.19. The summed E-state index contributed by atoms with van der Waals surface area (Å²) in [4.78, 5) is 0. The zero-order valence-electron chi connectivity index (χ0n) is 9.40. The molecule has 5 heteroatoms. The Kier molecular flexibility index (Phi) is 2.91. The van der Waals surface area contributed by atoms with Gasteiger partial charge >= 0.3 is 0 Å². The second kappa shape index (κ2) is 4.55. The number of furan rings is 1. The highest BCUT2D eigenvalue weighted by atomic mass is 35.5. The number of rotatable bonds is 5. The number of nitrogens with zero attached hydrogens (tertiary/aromatic N) is 2. The van der Waals surface area contributed by atoms with Crippen molar-refractivity contribution in [1.29, 1.82) is 0 Å². The third-order valence-electron chi connectivity index (χ3n) is 2.78. The molecule has 1 aliphatic carbocycles. The van der Waals surface area contributed by atoms with Gasteiger partial charge in [0.25, 0.3) is 0 Å². The topological polar surface area (TPSA) is 43.0 Å². The average molecular weight is 252 g/mol. The van der Waals surface area contributed by atoms with E-state index < -0.39 is 0 Å². The van der Waals surface area contributed by atoms with Crippen LogP contribution in [0.2, 0.25) is 5.02 Å². The predicted octanol–water partition coefficient (Wildman–Crippen LogP) is 2.43. The molecule has 0 aliphatic heterocycles. The first kappa shape index (κ1) is 10.9. The predicted molar refractivity (Wildman–Crippen MR) is 64.9 cm³/mol. The van der Waals surface area contributed by atoms with E-state index in [1.807, 2.05) is 12.1 Å². The fourth-order valence-corrected chi connectivity index (χ4v) is 1.88. The van der Waals surface area contributed by atoms with E-state index >= 15 is 0 Å². The van der Waals surface area contributed by atoms with Gasteiger partial charge in [-0.15, -0.1) is 0 Å². The normalized spacial score (nSPS) is 15.4. The van der Waals surface area contributed by atoms with Gasteiger partial charge in [0.15, 0.2) is 0 Å². The molecule has 0 amide bonds. The van der Waals surface area contributed by atoms with Crippen molar-refractivity contribution in [3.63, 3.8) is 0 Å². The summed E-state index contributed by atoms with van der Waals surface area (Å²) in [5, 5.41) is 8.18. The lowest BCUT2D eigenvalue weighted by molar-refractivity contribution is 0.430. The number of halogens is 1. The minimum Gasteiger partial charge on any atom is -0.463 e. The summed E-state index contributed by atoms with van der Waals surface area (Å²) in [6.07, 6.45) is 5.99. The molecule has 2 aromatic heterocycles. The van der Waals surface area contributed by atoms with Crippen LogP contribution in [0.25, 0.3) is 0 Å². The van der Waals surface area contributed by atoms with E-state index in [9.17, 15) is 0 Å². The first-order chi connectivity index (χ1) is 8.29. The largest absolute Gasteiger partial charge is 0.463 e. The number of hydrogen-bond acceptors (Lipinski definition) is 3. The maximum atomic E-state index is 5.80. The molecular formula is C12H14ClN3O. The molecule has 0 aromatic carbocycles. The van der Waals surface area contributed by atoms with E-state index in [4.69, 9.17) is 16.0 Å². The van der Waals surface area contributed by atoms with Gasteiger partial charge in [-0.1, -0.05) is 11.6 Å².